The molecule has 8 nitrogen and oxygen atoms in total. The smallest absolute Gasteiger partial charge is 0.328 e. The summed E-state index contributed by atoms with van der Waals surface area (Å²) in [5, 5.41) is 16.1. The zero-order valence-electron chi connectivity index (χ0n) is 20.9. The molecule has 0 aliphatic heterocycles. The van der Waals surface area contributed by atoms with Gasteiger partial charge in [-0.2, -0.15) is 0 Å². The van der Waals surface area contributed by atoms with E-state index in [4.69, 9.17) is 9.47 Å². The van der Waals surface area contributed by atoms with Gasteiger partial charge in [0.1, 0.15) is 17.4 Å². The van der Waals surface area contributed by atoms with E-state index >= 15 is 0 Å². The maximum Gasteiger partial charge on any atom is 0.328 e. The van der Waals surface area contributed by atoms with E-state index in [1.54, 1.807) is 18.2 Å². The molecule has 0 fully saturated rings. The third-order valence-electron chi connectivity index (χ3n) is 5.14. The van der Waals surface area contributed by atoms with Crippen molar-refractivity contribution in [3.05, 3.63) is 65.2 Å². The van der Waals surface area contributed by atoms with Gasteiger partial charge in [0.05, 0.1) is 19.2 Å². The maximum atomic E-state index is 12.7. The molecule has 0 heterocycles. The minimum absolute atomic E-state index is 0.0924. The molecule has 0 bridgehead atoms. The second-order valence-corrected chi connectivity index (χ2v) is 9.31. The largest absolute Gasteiger partial charge is 0.507 e. The number of ether oxygens (including phenoxy) is 2. The van der Waals surface area contributed by atoms with E-state index in [1.807, 2.05) is 51.1 Å². The van der Waals surface area contributed by atoms with Crippen molar-refractivity contribution in [3.8, 4) is 5.75 Å². The summed E-state index contributed by atoms with van der Waals surface area (Å²) in [4.78, 5) is 36.6. The maximum absolute atomic E-state index is 12.7. The molecule has 2 aromatic rings. The van der Waals surface area contributed by atoms with Gasteiger partial charge in [0.2, 0.25) is 0 Å². The topological polar surface area (TPSA) is 114 Å². The molecule has 0 radical (unpaired) electrons. The minimum Gasteiger partial charge on any atom is -0.507 e. The number of hydrogen-bond acceptors (Lipinski definition) is 7. The van der Waals surface area contributed by atoms with Crippen LogP contribution in [0.2, 0.25) is 0 Å². The molecule has 0 saturated heterocycles. The number of aromatic hydroxyl groups is 1. The number of carbonyl (C=O) groups is 3. The Balaban J connectivity index is 1.83. The molecular weight excluding hydrogens is 448 g/mol. The first-order valence-electron chi connectivity index (χ1n) is 11.8. The number of amides is 1. The van der Waals surface area contributed by atoms with Gasteiger partial charge in [-0.15, -0.1) is 0 Å². The van der Waals surface area contributed by atoms with Gasteiger partial charge in [-0.25, -0.2) is 4.79 Å². The lowest BCUT2D eigenvalue weighted by molar-refractivity contribution is -0.153. The van der Waals surface area contributed by atoms with Crippen molar-refractivity contribution in [2.24, 2.45) is 0 Å². The van der Waals surface area contributed by atoms with Gasteiger partial charge in [0.25, 0.3) is 5.91 Å². The third kappa shape index (κ3) is 10.2. The predicted octanol–water partition coefficient (Wildman–Crippen LogP) is 3.16. The van der Waals surface area contributed by atoms with Gasteiger partial charge in [0, 0.05) is 6.42 Å². The fourth-order valence-corrected chi connectivity index (χ4v) is 3.49. The zero-order valence-corrected chi connectivity index (χ0v) is 20.9. The normalized spacial score (nSPS) is 12.0. The summed E-state index contributed by atoms with van der Waals surface area (Å²) in [7, 11) is 1.27. The van der Waals surface area contributed by atoms with Crippen molar-refractivity contribution in [1.29, 1.82) is 0 Å². The Labute approximate surface area is 207 Å². The SMILES string of the molecule is COC(=O)[C@H](Cc1ccccc1)NC(=O)c1ccc(CCCCNCC(=O)OC(C)(C)C)cc1O. The van der Waals surface area contributed by atoms with Crippen LogP contribution in [0.15, 0.2) is 48.5 Å². The van der Waals surface area contributed by atoms with E-state index in [0.29, 0.717) is 13.0 Å². The Morgan fingerprint density at radius 1 is 1.00 bits per heavy atom. The van der Waals surface area contributed by atoms with Crippen molar-refractivity contribution in [3.63, 3.8) is 0 Å². The first-order valence-corrected chi connectivity index (χ1v) is 11.8. The van der Waals surface area contributed by atoms with Gasteiger partial charge in [-0.1, -0.05) is 36.4 Å². The van der Waals surface area contributed by atoms with E-state index in [2.05, 4.69) is 10.6 Å². The van der Waals surface area contributed by atoms with Crippen LogP contribution < -0.4 is 10.6 Å². The predicted molar refractivity (Wildman–Crippen MR) is 133 cm³/mol. The molecule has 3 N–H and O–H groups in total. The summed E-state index contributed by atoms with van der Waals surface area (Å²) in [6, 6.07) is 13.3. The average molecular weight is 485 g/mol. The highest BCUT2D eigenvalue weighted by atomic mass is 16.6. The zero-order chi connectivity index (χ0) is 25.8. The van der Waals surface area contributed by atoms with Crippen molar-refractivity contribution >= 4 is 17.8 Å². The van der Waals surface area contributed by atoms with Gasteiger partial charge in [-0.05, 0) is 69.8 Å². The van der Waals surface area contributed by atoms with E-state index in [1.165, 1.54) is 7.11 Å². The number of benzene rings is 2. The molecule has 1 amide bonds. The van der Waals surface area contributed by atoms with Crippen LogP contribution >= 0.6 is 0 Å². The monoisotopic (exact) mass is 484 g/mol. The Kier molecular flexibility index (Phi) is 10.7. The van der Waals surface area contributed by atoms with Crippen LogP contribution in [0, 0.1) is 0 Å². The van der Waals surface area contributed by atoms with Crippen LogP contribution in [-0.4, -0.2) is 54.8 Å². The molecule has 0 spiro atoms. The Bertz CT molecular complexity index is 985. The van der Waals surface area contributed by atoms with E-state index in [-0.39, 0.29) is 30.2 Å². The van der Waals surface area contributed by atoms with Gasteiger partial charge >= 0.3 is 11.9 Å². The number of aryl methyl sites for hydroxylation is 1. The molecule has 0 aromatic heterocycles. The molecule has 190 valence electrons. The standard InChI is InChI=1S/C27H36N2O6/c1-27(2,3)35-24(31)18-28-15-9-8-12-20-13-14-21(23(30)17-20)25(32)29-22(26(33)34-4)16-19-10-6-5-7-11-19/h5-7,10-11,13-14,17,22,28,30H,8-9,12,15-16,18H2,1-4H3,(H,29,32)/t22-/m0/s1. The number of hydrogen-bond donors (Lipinski definition) is 3. The van der Waals surface area contributed by atoms with Crippen LogP contribution in [-0.2, 0) is 31.9 Å². The van der Waals surface area contributed by atoms with Crippen molar-refractivity contribution in [1.82, 2.24) is 10.6 Å². The molecular formula is C27H36N2O6. The second-order valence-electron chi connectivity index (χ2n) is 9.31. The Morgan fingerprint density at radius 3 is 2.34 bits per heavy atom. The molecule has 0 aliphatic rings. The summed E-state index contributed by atoms with van der Waals surface area (Å²) in [5.74, 6) is -1.54. The lowest BCUT2D eigenvalue weighted by Crippen LogP contribution is -2.43. The van der Waals surface area contributed by atoms with E-state index in [0.717, 1.165) is 24.0 Å². The van der Waals surface area contributed by atoms with Gasteiger partial charge in [-0.3, -0.25) is 9.59 Å². The first kappa shape index (κ1) is 27.9. The quantitative estimate of drug-likeness (QED) is 0.313. The fourth-order valence-electron chi connectivity index (χ4n) is 3.49. The fraction of sp³-hybridized carbons (Fsp3) is 0.444. The molecule has 0 saturated carbocycles. The molecule has 0 unspecified atom stereocenters. The van der Waals surface area contributed by atoms with Gasteiger partial charge in [0.15, 0.2) is 0 Å². The van der Waals surface area contributed by atoms with Crippen LogP contribution in [0.5, 0.6) is 5.75 Å². The number of phenolic OH excluding ortho intramolecular Hbond substituents is 1. The number of phenols is 1. The number of carbonyl (C=O) groups excluding carboxylic acids is 3. The number of esters is 2. The molecule has 0 aliphatic carbocycles. The third-order valence-corrected chi connectivity index (χ3v) is 5.14. The lowest BCUT2D eigenvalue weighted by Gasteiger charge is -2.19. The minimum atomic E-state index is -0.873. The summed E-state index contributed by atoms with van der Waals surface area (Å²) < 4.78 is 10.1. The molecule has 2 rings (SSSR count). The first-order chi connectivity index (χ1) is 16.6. The molecule has 1 atom stereocenters. The highest BCUT2D eigenvalue weighted by Crippen LogP contribution is 2.20. The van der Waals surface area contributed by atoms with E-state index in [9.17, 15) is 19.5 Å². The molecule has 8 heteroatoms. The van der Waals surface area contributed by atoms with Gasteiger partial charge < -0.3 is 25.2 Å². The highest BCUT2D eigenvalue weighted by Gasteiger charge is 2.24. The summed E-state index contributed by atoms with van der Waals surface area (Å²) in [5.41, 5.74) is 1.37. The van der Waals surface area contributed by atoms with Crippen LogP contribution in [0.4, 0.5) is 0 Å². The number of nitrogens with one attached hydrogen (secondary N) is 2. The lowest BCUT2D eigenvalue weighted by atomic mass is 10.0. The van der Waals surface area contributed by atoms with Crippen LogP contribution in [0.25, 0.3) is 0 Å². The Hall–Kier alpha value is -3.39. The highest BCUT2D eigenvalue weighted by molar-refractivity contribution is 5.99. The van der Waals surface area contributed by atoms with Crippen molar-refractivity contribution in [2.75, 3.05) is 20.2 Å². The number of rotatable bonds is 12. The van der Waals surface area contributed by atoms with Crippen molar-refractivity contribution < 1.29 is 29.0 Å². The summed E-state index contributed by atoms with van der Waals surface area (Å²) in [6.45, 7) is 6.33. The molecule has 2 aromatic carbocycles. The number of unbranched alkanes of at least 4 members (excludes halogenated alkanes) is 1. The van der Waals surface area contributed by atoms with E-state index < -0.39 is 23.5 Å². The average Bonchev–Trinajstić information content (AvgIpc) is 2.79. The van der Waals surface area contributed by atoms with Crippen molar-refractivity contribution in [2.45, 2.75) is 58.1 Å². The molecule has 35 heavy (non-hydrogen) atoms. The van der Waals surface area contributed by atoms with Crippen LogP contribution in [0.1, 0.15) is 55.1 Å². The van der Waals surface area contributed by atoms with Crippen LogP contribution in [0.3, 0.4) is 0 Å². The number of methoxy groups -OCH3 is 1. The summed E-state index contributed by atoms with van der Waals surface area (Å²) >= 11 is 0. The second kappa shape index (κ2) is 13.5. The Morgan fingerprint density at radius 2 is 1.71 bits per heavy atom. The summed E-state index contributed by atoms with van der Waals surface area (Å²) in [6.07, 6.45) is 2.67.